The molecule has 0 radical (unpaired) electrons. The number of aliphatic carboxylic acids is 1. The van der Waals surface area contributed by atoms with Crippen LogP contribution in [0.5, 0.6) is 0 Å². The summed E-state index contributed by atoms with van der Waals surface area (Å²) in [5.41, 5.74) is 0. The highest BCUT2D eigenvalue weighted by Gasteiger charge is 2.17. The maximum atomic E-state index is 11.4. The Balaban J connectivity index is 3.81. The van der Waals surface area contributed by atoms with Crippen LogP contribution < -0.4 is 5.32 Å². The van der Waals surface area contributed by atoms with Crippen molar-refractivity contribution in [2.75, 3.05) is 11.5 Å². The monoisotopic (exact) mass is 245 g/mol. The molecule has 1 amide bonds. The molecule has 4 nitrogen and oxygen atoms in total. The topological polar surface area (TPSA) is 66.4 Å². The van der Waals surface area contributed by atoms with Crippen molar-refractivity contribution in [2.24, 2.45) is 0 Å². The molecular formula is C11H19NO3S. The second-order valence-corrected chi connectivity index (χ2v) is 4.49. The number of amides is 1. The second kappa shape index (κ2) is 9.27. The van der Waals surface area contributed by atoms with Crippen molar-refractivity contribution >= 4 is 23.6 Å². The van der Waals surface area contributed by atoms with Crippen molar-refractivity contribution in [1.29, 1.82) is 0 Å². The molecular weight excluding hydrogens is 226 g/mol. The molecule has 92 valence electrons. The molecule has 0 rings (SSSR count). The zero-order valence-electron chi connectivity index (χ0n) is 9.57. The van der Waals surface area contributed by atoms with E-state index in [1.54, 1.807) is 0 Å². The quantitative estimate of drug-likeness (QED) is 0.479. The number of hydrogen-bond acceptors (Lipinski definition) is 3. The fraction of sp³-hybridized carbons (Fsp3) is 0.636. The van der Waals surface area contributed by atoms with Crippen LogP contribution in [0.25, 0.3) is 0 Å². The van der Waals surface area contributed by atoms with Gasteiger partial charge < -0.3 is 10.4 Å². The molecule has 0 aromatic carbocycles. The molecule has 1 atom stereocenters. The number of carbonyl (C=O) groups excluding carboxylic acids is 1. The van der Waals surface area contributed by atoms with Crippen LogP contribution in [0.4, 0.5) is 0 Å². The van der Waals surface area contributed by atoms with Gasteiger partial charge in [0.1, 0.15) is 6.04 Å². The van der Waals surface area contributed by atoms with E-state index in [1.165, 1.54) is 17.8 Å². The number of carbonyl (C=O) groups is 2. The van der Waals surface area contributed by atoms with Gasteiger partial charge in [-0.15, -0.1) is 6.58 Å². The summed E-state index contributed by atoms with van der Waals surface area (Å²) in [6.07, 6.45) is 3.92. The summed E-state index contributed by atoms with van der Waals surface area (Å²) in [6.45, 7) is 5.55. The lowest BCUT2D eigenvalue weighted by atomic mass is 10.2. The largest absolute Gasteiger partial charge is 0.480 e. The van der Waals surface area contributed by atoms with Gasteiger partial charge in [0.15, 0.2) is 0 Å². The molecule has 0 aromatic rings. The normalized spacial score (nSPS) is 11.8. The SMILES string of the molecule is C=CCC(NC(=O)CSCCCC)C(=O)O. The Morgan fingerprint density at radius 1 is 1.56 bits per heavy atom. The second-order valence-electron chi connectivity index (χ2n) is 3.39. The van der Waals surface area contributed by atoms with Crippen LogP contribution in [-0.4, -0.2) is 34.5 Å². The van der Waals surface area contributed by atoms with Gasteiger partial charge in [0.2, 0.25) is 5.91 Å². The predicted molar refractivity (Wildman–Crippen MR) is 66.6 cm³/mol. The minimum Gasteiger partial charge on any atom is -0.480 e. The molecule has 1 unspecified atom stereocenters. The van der Waals surface area contributed by atoms with Crippen molar-refractivity contribution in [3.63, 3.8) is 0 Å². The number of nitrogens with one attached hydrogen (secondary N) is 1. The van der Waals surface area contributed by atoms with E-state index >= 15 is 0 Å². The molecule has 5 heteroatoms. The smallest absolute Gasteiger partial charge is 0.326 e. The Morgan fingerprint density at radius 2 is 2.25 bits per heavy atom. The minimum atomic E-state index is -1.02. The van der Waals surface area contributed by atoms with Gasteiger partial charge in [-0.2, -0.15) is 11.8 Å². The third kappa shape index (κ3) is 7.34. The summed E-state index contributed by atoms with van der Waals surface area (Å²) in [7, 11) is 0. The number of rotatable bonds is 9. The average Bonchev–Trinajstić information content (AvgIpc) is 2.23. The van der Waals surface area contributed by atoms with Crippen molar-refractivity contribution in [1.82, 2.24) is 5.32 Å². The highest BCUT2D eigenvalue weighted by atomic mass is 32.2. The van der Waals surface area contributed by atoms with E-state index < -0.39 is 12.0 Å². The molecule has 0 fully saturated rings. The fourth-order valence-electron chi connectivity index (χ4n) is 1.04. The van der Waals surface area contributed by atoms with Crippen LogP contribution in [0, 0.1) is 0 Å². The van der Waals surface area contributed by atoms with Crippen LogP contribution in [0.3, 0.4) is 0 Å². The van der Waals surface area contributed by atoms with Crippen molar-refractivity contribution in [3.05, 3.63) is 12.7 Å². The molecule has 2 N–H and O–H groups in total. The lowest BCUT2D eigenvalue weighted by Crippen LogP contribution is -2.41. The highest BCUT2D eigenvalue weighted by molar-refractivity contribution is 7.99. The Kier molecular flexibility index (Phi) is 8.71. The summed E-state index contributed by atoms with van der Waals surface area (Å²) in [5.74, 6) is 0.00601. The fourth-order valence-corrected chi connectivity index (χ4v) is 1.94. The summed E-state index contributed by atoms with van der Waals surface area (Å²) in [4.78, 5) is 22.1. The molecule has 0 aliphatic heterocycles. The predicted octanol–water partition coefficient (Wildman–Crippen LogP) is 1.67. The summed E-state index contributed by atoms with van der Waals surface area (Å²) in [6, 6.07) is -0.850. The van der Waals surface area contributed by atoms with E-state index in [0.29, 0.717) is 5.75 Å². The molecule has 0 aromatic heterocycles. The molecule has 16 heavy (non-hydrogen) atoms. The molecule has 0 saturated heterocycles. The van der Waals surface area contributed by atoms with Crippen LogP contribution in [0.15, 0.2) is 12.7 Å². The van der Waals surface area contributed by atoms with Crippen LogP contribution in [-0.2, 0) is 9.59 Å². The molecule has 0 bridgehead atoms. The number of carboxylic acid groups (broad SMARTS) is 1. The van der Waals surface area contributed by atoms with E-state index in [-0.39, 0.29) is 12.3 Å². The van der Waals surface area contributed by atoms with E-state index in [1.807, 2.05) is 0 Å². The zero-order valence-corrected chi connectivity index (χ0v) is 10.4. The van der Waals surface area contributed by atoms with Crippen molar-refractivity contribution in [3.8, 4) is 0 Å². The maximum Gasteiger partial charge on any atom is 0.326 e. The first-order chi connectivity index (χ1) is 7.61. The Bertz CT molecular complexity index is 243. The lowest BCUT2D eigenvalue weighted by molar-refractivity contribution is -0.141. The Morgan fingerprint density at radius 3 is 2.75 bits per heavy atom. The van der Waals surface area contributed by atoms with Gasteiger partial charge >= 0.3 is 5.97 Å². The first-order valence-corrected chi connectivity index (χ1v) is 6.48. The third-order valence-corrected chi connectivity index (χ3v) is 2.95. The van der Waals surface area contributed by atoms with E-state index in [0.717, 1.165) is 18.6 Å². The van der Waals surface area contributed by atoms with Gasteiger partial charge in [-0.25, -0.2) is 4.79 Å². The number of carboxylic acids is 1. The van der Waals surface area contributed by atoms with Crippen LogP contribution in [0.2, 0.25) is 0 Å². The van der Waals surface area contributed by atoms with Crippen LogP contribution in [0.1, 0.15) is 26.2 Å². The Labute approximate surface area is 100 Å². The van der Waals surface area contributed by atoms with Gasteiger partial charge in [-0.3, -0.25) is 4.79 Å². The number of hydrogen-bond donors (Lipinski definition) is 2. The number of thioether (sulfide) groups is 1. The first-order valence-electron chi connectivity index (χ1n) is 5.32. The Hall–Kier alpha value is -0.970. The molecule has 0 spiro atoms. The van der Waals surface area contributed by atoms with Gasteiger partial charge in [0.25, 0.3) is 0 Å². The molecule has 0 heterocycles. The average molecular weight is 245 g/mol. The summed E-state index contributed by atoms with van der Waals surface area (Å²) in [5, 5.41) is 11.3. The van der Waals surface area contributed by atoms with Crippen molar-refractivity contribution < 1.29 is 14.7 Å². The van der Waals surface area contributed by atoms with Gasteiger partial charge in [-0.1, -0.05) is 19.4 Å². The zero-order chi connectivity index (χ0) is 12.4. The standard InChI is InChI=1S/C11H19NO3S/c1-3-5-7-16-8-10(13)12-9(6-4-2)11(14)15/h4,9H,2-3,5-8H2,1H3,(H,12,13)(H,14,15). The first kappa shape index (κ1) is 15.0. The molecule has 0 aliphatic rings. The number of unbranched alkanes of at least 4 members (excludes halogenated alkanes) is 1. The van der Waals surface area contributed by atoms with Crippen LogP contribution >= 0.6 is 11.8 Å². The van der Waals surface area contributed by atoms with Gasteiger partial charge in [0, 0.05) is 0 Å². The maximum absolute atomic E-state index is 11.4. The van der Waals surface area contributed by atoms with Gasteiger partial charge in [-0.05, 0) is 18.6 Å². The summed E-state index contributed by atoms with van der Waals surface area (Å²) >= 11 is 1.53. The summed E-state index contributed by atoms with van der Waals surface area (Å²) < 4.78 is 0. The van der Waals surface area contributed by atoms with Gasteiger partial charge in [0.05, 0.1) is 5.75 Å². The molecule has 0 saturated carbocycles. The highest BCUT2D eigenvalue weighted by Crippen LogP contribution is 2.04. The van der Waals surface area contributed by atoms with E-state index in [4.69, 9.17) is 5.11 Å². The third-order valence-electron chi connectivity index (χ3n) is 1.91. The minimum absolute atomic E-state index is 0.227. The van der Waals surface area contributed by atoms with E-state index in [2.05, 4.69) is 18.8 Å². The lowest BCUT2D eigenvalue weighted by Gasteiger charge is -2.12. The van der Waals surface area contributed by atoms with E-state index in [9.17, 15) is 9.59 Å². The van der Waals surface area contributed by atoms with Crippen molar-refractivity contribution in [2.45, 2.75) is 32.2 Å². The molecule has 0 aliphatic carbocycles.